The van der Waals surface area contributed by atoms with Gasteiger partial charge in [-0.3, -0.25) is 4.79 Å². The molecule has 0 saturated carbocycles. The van der Waals surface area contributed by atoms with Crippen LogP contribution in [0.1, 0.15) is 18.4 Å². The number of benzene rings is 1. The van der Waals surface area contributed by atoms with Crippen molar-refractivity contribution in [3.63, 3.8) is 0 Å². The second kappa shape index (κ2) is 6.89. The molecule has 2 aliphatic rings. The van der Waals surface area contributed by atoms with Crippen molar-refractivity contribution in [1.29, 1.82) is 0 Å². The maximum absolute atomic E-state index is 13.3. The van der Waals surface area contributed by atoms with Crippen LogP contribution in [0.5, 0.6) is 0 Å². The first kappa shape index (κ1) is 16.3. The van der Waals surface area contributed by atoms with E-state index in [1.807, 2.05) is 4.90 Å². The molecule has 0 radical (unpaired) electrons. The topological polar surface area (TPSA) is 44.8 Å². The van der Waals surface area contributed by atoms with Gasteiger partial charge in [0, 0.05) is 39.5 Å². The normalized spacial score (nSPS) is 20.8. The predicted octanol–water partition coefficient (Wildman–Crippen LogP) is 1.48. The summed E-state index contributed by atoms with van der Waals surface area (Å²) < 4.78 is 5.43. The van der Waals surface area contributed by atoms with Gasteiger partial charge in [-0.1, -0.05) is 18.2 Å². The second-order valence-electron chi connectivity index (χ2n) is 6.74. The lowest BCUT2D eigenvalue weighted by Crippen LogP contribution is -2.52. The van der Waals surface area contributed by atoms with E-state index in [4.69, 9.17) is 4.74 Å². The number of rotatable bonds is 3. The van der Waals surface area contributed by atoms with Crippen molar-refractivity contribution in [1.82, 2.24) is 10.2 Å². The SMILES string of the molecule is COCC1(C(=O)N2CCN(C)c3ccccc3C2)CCNCC1. The largest absolute Gasteiger partial charge is 0.384 e. The van der Waals surface area contributed by atoms with E-state index in [9.17, 15) is 4.79 Å². The van der Waals surface area contributed by atoms with Gasteiger partial charge in [0.05, 0.1) is 12.0 Å². The minimum absolute atomic E-state index is 0.256. The molecule has 1 aromatic rings. The summed E-state index contributed by atoms with van der Waals surface area (Å²) >= 11 is 0. The average molecular weight is 317 g/mol. The van der Waals surface area contributed by atoms with Gasteiger partial charge >= 0.3 is 0 Å². The van der Waals surface area contributed by atoms with Crippen LogP contribution in [0.25, 0.3) is 0 Å². The third kappa shape index (κ3) is 3.21. The van der Waals surface area contributed by atoms with E-state index in [2.05, 4.69) is 41.5 Å². The number of fused-ring (bicyclic) bond motifs is 1. The van der Waals surface area contributed by atoms with Crippen molar-refractivity contribution in [2.45, 2.75) is 19.4 Å². The highest BCUT2D eigenvalue weighted by Gasteiger charge is 2.42. The molecular formula is C18H27N3O2. The van der Waals surface area contributed by atoms with Crippen LogP contribution in [0.3, 0.4) is 0 Å². The molecule has 2 aliphatic heterocycles. The van der Waals surface area contributed by atoms with Crippen LogP contribution in [-0.4, -0.2) is 57.8 Å². The molecule has 1 fully saturated rings. The van der Waals surface area contributed by atoms with Crippen LogP contribution in [0.15, 0.2) is 24.3 Å². The first-order chi connectivity index (χ1) is 11.2. The Balaban J connectivity index is 1.84. The summed E-state index contributed by atoms with van der Waals surface area (Å²) in [5.41, 5.74) is 2.09. The van der Waals surface area contributed by atoms with Crippen molar-refractivity contribution >= 4 is 11.6 Å². The Morgan fingerprint density at radius 2 is 2.00 bits per heavy atom. The van der Waals surface area contributed by atoms with Gasteiger partial charge in [0.15, 0.2) is 0 Å². The number of methoxy groups -OCH3 is 1. The summed E-state index contributed by atoms with van der Waals surface area (Å²) in [5.74, 6) is 0.256. The minimum atomic E-state index is -0.363. The van der Waals surface area contributed by atoms with Crippen LogP contribution >= 0.6 is 0 Å². The van der Waals surface area contributed by atoms with E-state index >= 15 is 0 Å². The molecule has 1 aromatic carbocycles. The molecule has 0 atom stereocenters. The zero-order chi connectivity index (χ0) is 16.3. The third-order valence-corrected chi connectivity index (χ3v) is 5.19. The number of hydrogen-bond acceptors (Lipinski definition) is 4. The molecule has 1 amide bonds. The lowest BCUT2D eigenvalue weighted by Gasteiger charge is -2.39. The summed E-state index contributed by atoms with van der Waals surface area (Å²) in [6, 6.07) is 8.38. The Bertz CT molecular complexity index is 549. The molecule has 0 aromatic heterocycles. The summed E-state index contributed by atoms with van der Waals surface area (Å²) in [6.07, 6.45) is 1.71. The van der Waals surface area contributed by atoms with Crippen LogP contribution in [0, 0.1) is 5.41 Å². The average Bonchev–Trinajstić information content (AvgIpc) is 2.75. The molecule has 1 N–H and O–H groups in total. The number of carbonyl (C=O) groups excluding carboxylic acids is 1. The summed E-state index contributed by atoms with van der Waals surface area (Å²) in [7, 11) is 3.80. The van der Waals surface area contributed by atoms with Crippen LogP contribution in [-0.2, 0) is 16.1 Å². The highest BCUT2D eigenvalue weighted by Crippen LogP contribution is 2.33. The highest BCUT2D eigenvalue weighted by molar-refractivity contribution is 5.83. The van der Waals surface area contributed by atoms with Crippen molar-refractivity contribution in [3.8, 4) is 0 Å². The van der Waals surface area contributed by atoms with Crippen molar-refractivity contribution in [3.05, 3.63) is 29.8 Å². The standard InChI is InChI=1S/C18H27N3O2/c1-20-11-12-21(13-15-5-3-4-6-16(15)20)17(22)18(14-23-2)7-9-19-10-8-18/h3-6,19H,7-14H2,1-2H3. The summed E-state index contributed by atoms with van der Waals surface area (Å²) in [5, 5.41) is 3.36. The maximum atomic E-state index is 13.3. The molecule has 5 nitrogen and oxygen atoms in total. The minimum Gasteiger partial charge on any atom is -0.384 e. The van der Waals surface area contributed by atoms with Gasteiger partial charge in [0.1, 0.15) is 0 Å². The number of likely N-dealkylation sites (N-methyl/N-ethyl adjacent to an activating group) is 1. The maximum Gasteiger partial charge on any atom is 0.231 e. The van der Waals surface area contributed by atoms with Gasteiger partial charge in [-0.15, -0.1) is 0 Å². The highest BCUT2D eigenvalue weighted by atomic mass is 16.5. The Morgan fingerprint density at radius 3 is 2.74 bits per heavy atom. The molecule has 0 aliphatic carbocycles. The number of piperidine rings is 1. The smallest absolute Gasteiger partial charge is 0.231 e. The molecular weight excluding hydrogens is 290 g/mol. The zero-order valence-electron chi connectivity index (χ0n) is 14.2. The number of hydrogen-bond donors (Lipinski definition) is 1. The fourth-order valence-corrected chi connectivity index (χ4v) is 3.80. The van der Waals surface area contributed by atoms with E-state index in [1.165, 1.54) is 11.3 Å². The van der Waals surface area contributed by atoms with Crippen molar-refractivity contribution < 1.29 is 9.53 Å². The molecule has 5 heteroatoms. The molecule has 0 bridgehead atoms. The number of ether oxygens (including phenoxy) is 1. The molecule has 0 unspecified atom stereocenters. The number of amides is 1. The van der Waals surface area contributed by atoms with Crippen LogP contribution in [0.4, 0.5) is 5.69 Å². The van der Waals surface area contributed by atoms with E-state index in [-0.39, 0.29) is 11.3 Å². The number of nitrogens with one attached hydrogen (secondary N) is 1. The zero-order valence-corrected chi connectivity index (χ0v) is 14.2. The molecule has 2 heterocycles. The Kier molecular flexibility index (Phi) is 4.87. The van der Waals surface area contributed by atoms with E-state index < -0.39 is 0 Å². The van der Waals surface area contributed by atoms with Crippen LogP contribution < -0.4 is 10.2 Å². The Morgan fingerprint density at radius 1 is 1.26 bits per heavy atom. The molecule has 23 heavy (non-hydrogen) atoms. The number of nitrogens with zero attached hydrogens (tertiary/aromatic N) is 2. The quantitative estimate of drug-likeness (QED) is 0.917. The fourth-order valence-electron chi connectivity index (χ4n) is 3.80. The lowest BCUT2D eigenvalue weighted by molar-refractivity contribution is -0.148. The first-order valence-electron chi connectivity index (χ1n) is 8.44. The number of anilines is 1. The monoisotopic (exact) mass is 317 g/mol. The van der Waals surface area contributed by atoms with E-state index in [0.717, 1.165) is 39.0 Å². The molecule has 0 spiro atoms. The van der Waals surface area contributed by atoms with Crippen molar-refractivity contribution in [2.24, 2.45) is 5.41 Å². The number of carbonyl (C=O) groups is 1. The fraction of sp³-hybridized carbons (Fsp3) is 0.611. The van der Waals surface area contributed by atoms with Crippen molar-refractivity contribution in [2.75, 3.05) is 51.8 Å². The van der Waals surface area contributed by atoms with Gasteiger partial charge in [-0.25, -0.2) is 0 Å². The van der Waals surface area contributed by atoms with Gasteiger partial charge in [-0.05, 0) is 37.6 Å². The Hall–Kier alpha value is -1.59. The summed E-state index contributed by atoms with van der Waals surface area (Å²) in [6.45, 7) is 4.62. The number of para-hydroxylation sites is 1. The second-order valence-corrected chi connectivity index (χ2v) is 6.74. The predicted molar refractivity (Wildman–Crippen MR) is 91.5 cm³/mol. The first-order valence-corrected chi connectivity index (χ1v) is 8.44. The van der Waals surface area contributed by atoms with E-state index in [1.54, 1.807) is 7.11 Å². The lowest BCUT2D eigenvalue weighted by atomic mass is 9.78. The van der Waals surface area contributed by atoms with Crippen LogP contribution in [0.2, 0.25) is 0 Å². The van der Waals surface area contributed by atoms with Gasteiger partial charge in [-0.2, -0.15) is 0 Å². The molecule has 1 saturated heterocycles. The molecule has 3 rings (SSSR count). The van der Waals surface area contributed by atoms with Gasteiger partial charge < -0.3 is 19.9 Å². The van der Waals surface area contributed by atoms with Gasteiger partial charge in [0.2, 0.25) is 5.91 Å². The van der Waals surface area contributed by atoms with E-state index in [0.29, 0.717) is 13.2 Å². The van der Waals surface area contributed by atoms with Gasteiger partial charge in [0.25, 0.3) is 0 Å². The third-order valence-electron chi connectivity index (χ3n) is 5.19. The Labute approximate surface area is 138 Å². The summed E-state index contributed by atoms with van der Waals surface area (Å²) in [4.78, 5) is 17.6. The molecule has 126 valence electrons.